The second kappa shape index (κ2) is 9.99. The van der Waals surface area contributed by atoms with Crippen LogP contribution in [0.5, 0.6) is 0 Å². The number of aromatic nitrogens is 2. The van der Waals surface area contributed by atoms with Gasteiger partial charge in [-0.05, 0) is 31.4 Å². The van der Waals surface area contributed by atoms with E-state index in [1.807, 2.05) is 6.92 Å². The number of carbonyl (C=O) groups excluding carboxylic acids is 1. The first-order chi connectivity index (χ1) is 14.4. The molecule has 0 aliphatic carbocycles. The summed E-state index contributed by atoms with van der Waals surface area (Å²) in [6, 6.07) is 2.93. The van der Waals surface area contributed by atoms with Crippen molar-refractivity contribution in [2.24, 2.45) is 0 Å². The van der Waals surface area contributed by atoms with Gasteiger partial charge in [0.1, 0.15) is 16.5 Å². The number of carbonyl (C=O) groups is 1. The third-order valence-corrected chi connectivity index (χ3v) is 5.31. The van der Waals surface area contributed by atoms with Crippen molar-refractivity contribution < 1.29 is 13.6 Å². The molecule has 10 heteroatoms. The number of hydrogen-bond donors (Lipinski definition) is 2. The Labute approximate surface area is 178 Å². The minimum absolute atomic E-state index is 0.0205. The number of benzene rings is 1. The molecule has 2 aromatic rings. The number of halogens is 3. The molecule has 162 valence electrons. The number of anilines is 1. The van der Waals surface area contributed by atoms with E-state index in [1.54, 1.807) is 0 Å². The van der Waals surface area contributed by atoms with Crippen LogP contribution in [0.1, 0.15) is 26.2 Å². The van der Waals surface area contributed by atoms with E-state index in [2.05, 4.69) is 20.6 Å². The molecule has 0 radical (unpaired) electrons. The molecule has 0 spiro atoms. The van der Waals surface area contributed by atoms with Gasteiger partial charge in [0.2, 0.25) is 5.91 Å². The van der Waals surface area contributed by atoms with E-state index in [1.165, 1.54) is 6.20 Å². The Morgan fingerprint density at radius 2 is 2.03 bits per heavy atom. The Bertz CT molecular complexity index is 961. The van der Waals surface area contributed by atoms with E-state index >= 15 is 0 Å². The van der Waals surface area contributed by atoms with Crippen molar-refractivity contribution in [3.05, 3.63) is 51.4 Å². The lowest BCUT2D eigenvalue weighted by Gasteiger charge is -2.32. The van der Waals surface area contributed by atoms with Crippen LogP contribution in [0.3, 0.4) is 0 Å². The average molecular weight is 440 g/mol. The summed E-state index contributed by atoms with van der Waals surface area (Å²) < 4.78 is 27.9. The van der Waals surface area contributed by atoms with Crippen molar-refractivity contribution in [3.63, 3.8) is 0 Å². The number of nitrogens with zero attached hydrogens (tertiary/aromatic N) is 3. The first-order valence-electron chi connectivity index (χ1n) is 9.88. The highest BCUT2D eigenvalue weighted by Gasteiger charge is 2.22. The molecule has 0 unspecified atom stereocenters. The minimum atomic E-state index is -0.906. The van der Waals surface area contributed by atoms with Crippen LogP contribution in [0.25, 0.3) is 5.69 Å². The number of hydrogen-bond acceptors (Lipinski definition) is 5. The lowest BCUT2D eigenvalue weighted by atomic mass is 10.0. The van der Waals surface area contributed by atoms with E-state index in [9.17, 15) is 18.4 Å². The van der Waals surface area contributed by atoms with Gasteiger partial charge in [-0.2, -0.15) is 9.78 Å². The number of nitrogens with one attached hydrogen (secondary N) is 2. The third kappa shape index (κ3) is 5.34. The van der Waals surface area contributed by atoms with Gasteiger partial charge in [-0.25, -0.2) is 8.78 Å². The predicted molar refractivity (Wildman–Crippen MR) is 111 cm³/mol. The smallest absolute Gasteiger partial charge is 0.292 e. The monoisotopic (exact) mass is 439 g/mol. The van der Waals surface area contributed by atoms with Gasteiger partial charge in [0.25, 0.3) is 5.56 Å². The molecule has 3 rings (SSSR count). The number of piperidine rings is 1. The summed E-state index contributed by atoms with van der Waals surface area (Å²) in [5.41, 5.74) is -0.513. The van der Waals surface area contributed by atoms with Crippen LogP contribution >= 0.6 is 11.6 Å². The van der Waals surface area contributed by atoms with E-state index in [0.717, 1.165) is 49.2 Å². The maximum Gasteiger partial charge on any atom is 0.292 e. The largest absolute Gasteiger partial charge is 0.380 e. The summed E-state index contributed by atoms with van der Waals surface area (Å²) in [6.07, 6.45) is 3.80. The molecule has 1 aromatic carbocycles. The molecule has 1 aromatic heterocycles. The highest BCUT2D eigenvalue weighted by molar-refractivity contribution is 6.33. The summed E-state index contributed by atoms with van der Waals surface area (Å²) in [5.74, 6) is -1.63. The summed E-state index contributed by atoms with van der Waals surface area (Å²) in [7, 11) is 0. The highest BCUT2D eigenvalue weighted by Crippen LogP contribution is 2.22. The second-order valence-corrected chi connectivity index (χ2v) is 7.61. The maximum absolute atomic E-state index is 14.0. The standard InChI is InChI=1S/C20H24ClF2N5O2/c1-2-7-24-18(29)12-27-8-5-14(6-9-27)26-16-11-25-28(20(30)19(16)21)17-4-3-13(22)10-15(17)23/h3-4,10-11,14,26H,2,5-9,12H2,1H3,(H,24,29). The van der Waals surface area contributed by atoms with Crippen molar-refractivity contribution in [3.8, 4) is 5.69 Å². The van der Waals surface area contributed by atoms with Gasteiger partial charge < -0.3 is 10.6 Å². The van der Waals surface area contributed by atoms with E-state index < -0.39 is 17.2 Å². The first kappa shape index (κ1) is 22.2. The van der Waals surface area contributed by atoms with Gasteiger partial charge in [-0.15, -0.1) is 0 Å². The van der Waals surface area contributed by atoms with Crippen LogP contribution in [0.4, 0.5) is 14.5 Å². The van der Waals surface area contributed by atoms with Gasteiger partial charge in [0.05, 0.1) is 18.4 Å². The van der Waals surface area contributed by atoms with Crippen LogP contribution in [0.15, 0.2) is 29.2 Å². The van der Waals surface area contributed by atoms with Gasteiger partial charge in [0.15, 0.2) is 5.82 Å². The molecule has 1 aliphatic heterocycles. The zero-order valence-corrected chi connectivity index (χ0v) is 17.4. The van der Waals surface area contributed by atoms with Crippen molar-refractivity contribution in [1.29, 1.82) is 0 Å². The van der Waals surface area contributed by atoms with Crippen molar-refractivity contribution in [2.75, 3.05) is 31.5 Å². The average Bonchev–Trinajstić information content (AvgIpc) is 2.72. The quantitative estimate of drug-likeness (QED) is 0.693. The Kier molecular flexibility index (Phi) is 7.38. The van der Waals surface area contributed by atoms with E-state index in [0.29, 0.717) is 24.8 Å². The lowest BCUT2D eigenvalue weighted by molar-refractivity contribution is -0.122. The van der Waals surface area contributed by atoms with Crippen molar-refractivity contribution in [2.45, 2.75) is 32.2 Å². The molecule has 1 fully saturated rings. The van der Waals surface area contributed by atoms with Crippen LogP contribution in [-0.2, 0) is 4.79 Å². The Balaban J connectivity index is 1.62. The normalized spacial score (nSPS) is 15.2. The molecular formula is C20H24ClF2N5O2. The highest BCUT2D eigenvalue weighted by atomic mass is 35.5. The topological polar surface area (TPSA) is 79.3 Å². The zero-order valence-electron chi connectivity index (χ0n) is 16.6. The van der Waals surface area contributed by atoms with Crippen LogP contribution in [0, 0.1) is 11.6 Å². The third-order valence-electron chi connectivity index (χ3n) is 4.94. The molecule has 0 atom stereocenters. The SMILES string of the molecule is CCCNC(=O)CN1CCC(Nc2cnn(-c3ccc(F)cc3F)c(=O)c2Cl)CC1. The maximum atomic E-state index is 14.0. The van der Waals surface area contributed by atoms with Crippen molar-refractivity contribution >= 4 is 23.2 Å². The summed E-state index contributed by atoms with van der Waals surface area (Å²) in [4.78, 5) is 26.5. The predicted octanol–water partition coefficient (Wildman–Crippen LogP) is 2.57. The fraction of sp³-hybridized carbons (Fsp3) is 0.450. The minimum Gasteiger partial charge on any atom is -0.380 e. The van der Waals surface area contributed by atoms with Crippen LogP contribution < -0.4 is 16.2 Å². The fourth-order valence-corrected chi connectivity index (χ4v) is 3.52. The van der Waals surface area contributed by atoms with Gasteiger partial charge in [-0.1, -0.05) is 18.5 Å². The number of likely N-dealkylation sites (tertiary alicyclic amines) is 1. The lowest BCUT2D eigenvalue weighted by Crippen LogP contribution is -2.44. The molecule has 1 aliphatic rings. The van der Waals surface area contributed by atoms with Gasteiger partial charge in [-0.3, -0.25) is 14.5 Å². The molecule has 30 heavy (non-hydrogen) atoms. The Morgan fingerprint density at radius 3 is 2.70 bits per heavy atom. The molecule has 2 heterocycles. The summed E-state index contributed by atoms with van der Waals surface area (Å²) in [5, 5.41) is 9.94. The molecule has 1 saturated heterocycles. The van der Waals surface area contributed by atoms with Gasteiger partial charge in [0, 0.05) is 31.7 Å². The molecule has 7 nitrogen and oxygen atoms in total. The first-order valence-corrected chi connectivity index (χ1v) is 10.3. The van der Waals surface area contributed by atoms with Gasteiger partial charge >= 0.3 is 0 Å². The van der Waals surface area contributed by atoms with Crippen molar-refractivity contribution in [1.82, 2.24) is 20.0 Å². The van der Waals surface area contributed by atoms with Crippen LogP contribution in [-0.4, -0.2) is 52.8 Å². The molecule has 2 N–H and O–H groups in total. The molecule has 1 amide bonds. The van der Waals surface area contributed by atoms with Crippen LogP contribution in [0.2, 0.25) is 5.02 Å². The van der Waals surface area contributed by atoms with E-state index in [-0.39, 0.29) is 22.7 Å². The van der Waals surface area contributed by atoms with E-state index in [4.69, 9.17) is 11.6 Å². The molecule has 0 bridgehead atoms. The number of rotatable bonds is 7. The molecule has 0 saturated carbocycles. The summed E-state index contributed by atoms with van der Waals surface area (Å²) >= 11 is 6.20. The Hall–Kier alpha value is -2.52. The fourth-order valence-electron chi connectivity index (χ4n) is 3.34. The number of amides is 1. The second-order valence-electron chi connectivity index (χ2n) is 7.23. The Morgan fingerprint density at radius 1 is 1.30 bits per heavy atom. The zero-order chi connectivity index (χ0) is 21.7. The summed E-state index contributed by atoms with van der Waals surface area (Å²) in [6.45, 7) is 4.52. The molecular weight excluding hydrogens is 416 g/mol.